The van der Waals surface area contributed by atoms with Crippen molar-refractivity contribution in [2.75, 3.05) is 5.75 Å². The van der Waals surface area contributed by atoms with Crippen LogP contribution >= 0.6 is 12.6 Å². The molecule has 0 aromatic rings. The van der Waals surface area contributed by atoms with Crippen molar-refractivity contribution in [3.8, 4) is 0 Å². The van der Waals surface area contributed by atoms with Gasteiger partial charge in [-0.15, -0.1) is 0 Å². The molecule has 169 valence electrons. The van der Waals surface area contributed by atoms with Gasteiger partial charge in [0.1, 0.15) is 0 Å². The highest BCUT2D eigenvalue weighted by molar-refractivity contribution is 7.80. The molecule has 0 N–H and O–H groups in total. The van der Waals surface area contributed by atoms with Crippen LogP contribution < -0.4 is 0 Å². The molecule has 0 fully saturated rings. The van der Waals surface area contributed by atoms with Gasteiger partial charge in [-0.2, -0.15) is 0 Å². The maximum Gasteiger partial charge on any atom is 0.00369 e. The molecule has 0 aromatic heterocycles. The molecule has 0 aliphatic carbocycles. The first-order valence-electron chi connectivity index (χ1n) is 13.5. The van der Waals surface area contributed by atoms with Crippen molar-refractivity contribution in [2.45, 2.75) is 167 Å². The molecule has 0 spiro atoms. The molecule has 0 heterocycles. The van der Waals surface area contributed by atoms with Gasteiger partial charge in [0, 0.05) is 5.75 Å². The van der Waals surface area contributed by atoms with Crippen LogP contribution in [0.25, 0.3) is 0 Å². The first-order chi connectivity index (χ1) is 13.9. The van der Waals surface area contributed by atoms with Crippen LogP contribution in [0.1, 0.15) is 167 Å². The number of unbranched alkanes of at least 4 members (excludes halogenated alkanes) is 24. The Bertz CT molecular complexity index is 225. The third-order valence-electron chi connectivity index (χ3n) is 6.25. The molecule has 0 aromatic carbocycles. The van der Waals surface area contributed by atoms with Crippen molar-refractivity contribution in [3.63, 3.8) is 0 Å². The molecule has 0 rings (SSSR count). The predicted octanol–water partition coefficient (Wildman–Crippen LogP) is 11.0. The van der Waals surface area contributed by atoms with Crippen LogP contribution in [0, 0.1) is 0 Å². The second-order valence-electron chi connectivity index (χ2n) is 9.19. The second-order valence-corrected chi connectivity index (χ2v) is 9.60. The van der Waals surface area contributed by atoms with Crippen molar-refractivity contribution in [1.29, 1.82) is 0 Å². The van der Waals surface area contributed by atoms with Crippen molar-refractivity contribution >= 4 is 12.6 Å². The van der Waals surface area contributed by atoms with E-state index in [0.29, 0.717) is 0 Å². The third-order valence-corrected chi connectivity index (χ3v) is 6.54. The van der Waals surface area contributed by atoms with Crippen LogP contribution in [0.3, 0.4) is 0 Å². The van der Waals surface area contributed by atoms with Crippen LogP contribution in [0.15, 0.2) is 0 Å². The molecule has 1 heteroatoms. The minimum atomic E-state index is 0.958. The average Bonchev–Trinajstić information content (AvgIpc) is 2.71. The fourth-order valence-electron chi connectivity index (χ4n) is 4.24. The van der Waals surface area contributed by atoms with Gasteiger partial charge in [-0.05, 0) is 6.42 Å². The van der Waals surface area contributed by atoms with E-state index in [4.69, 9.17) is 12.6 Å². The molecule has 0 aliphatic rings. The van der Waals surface area contributed by atoms with Gasteiger partial charge in [0.05, 0.1) is 0 Å². The average molecular weight is 412 g/mol. The summed E-state index contributed by atoms with van der Waals surface area (Å²) in [4.78, 5) is 0. The summed E-state index contributed by atoms with van der Waals surface area (Å²) in [6.07, 6.45) is 36.4. The van der Waals surface area contributed by atoms with Gasteiger partial charge in [-0.3, -0.25) is 0 Å². The van der Waals surface area contributed by atoms with Crippen LogP contribution in [-0.4, -0.2) is 5.75 Å². The lowest BCUT2D eigenvalue weighted by molar-refractivity contribution is 0.517. The Kier molecular flexibility index (Phi) is 27.7. The Morgan fingerprint density at radius 1 is 0.286 bits per heavy atom. The van der Waals surface area contributed by atoms with Crippen LogP contribution in [0.2, 0.25) is 0 Å². The van der Waals surface area contributed by atoms with E-state index < -0.39 is 0 Å². The van der Waals surface area contributed by atoms with Crippen LogP contribution in [-0.2, 0) is 0 Å². The zero-order chi connectivity index (χ0) is 20.4. The normalized spacial score (nSPS) is 11.4. The summed E-state index contributed by atoms with van der Waals surface area (Å²) in [5, 5.41) is 0. The van der Waals surface area contributed by atoms with E-state index in [-0.39, 0.29) is 0 Å². The molecule has 0 unspecified atom stereocenters. The smallest absolute Gasteiger partial charge is 0.00369 e. The summed E-state index contributed by atoms with van der Waals surface area (Å²) in [5.41, 5.74) is 0. The highest BCUT2D eigenvalue weighted by Gasteiger charge is 1.96. The molecule has 0 nitrogen and oxygen atoms in total. The molecular formula is C27H55S. The summed E-state index contributed by atoms with van der Waals surface area (Å²) >= 11 is 4.99. The van der Waals surface area contributed by atoms with Crippen LogP contribution in [0.4, 0.5) is 0 Å². The van der Waals surface area contributed by atoms with E-state index in [1.54, 1.807) is 0 Å². The van der Waals surface area contributed by atoms with Gasteiger partial charge in [0.2, 0.25) is 0 Å². The Morgan fingerprint density at radius 2 is 0.464 bits per heavy atom. The maximum atomic E-state index is 4.99. The Labute approximate surface area is 185 Å². The lowest BCUT2D eigenvalue weighted by atomic mass is 10.0. The maximum absolute atomic E-state index is 4.99. The van der Waals surface area contributed by atoms with E-state index in [1.807, 2.05) is 0 Å². The number of hydrogen-bond donors (Lipinski definition) is 0. The summed E-state index contributed by atoms with van der Waals surface area (Å²) < 4.78 is 0. The summed E-state index contributed by atoms with van der Waals surface area (Å²) in [7, 11) is 0. The van der Waals surface area contributed by atoms with Crippen molar-refractivity contribution in [3.05, 3.63) is 0 Å². The van der Waals surface area contributed by atoms with E-state index in [0.717, 1.165) is 5.75 Å². The molecule has 28 heavy (non-hydrogen) atoms. The molecule has 0 amide bonds. The quantitative estimate of drug-likeness (QED) is 0.131. The Morgan fingerprint density at radius 3 is 0.643 bits per heavy atom. The monoisotopic (exact) mass is 411 g/mol. The predicted molar refractivity (Wildman–Crippen MR) is 134 cm³/mol. The van der Waals surface area contributed by atoms with Gasteiger partial charge >= 0.3 is 0 Å². The summed E-state index contributed by atoms with van der Waals surface area (Å²) in [5.74, 6) is 0.958. The topological polar surface area (TPSA) is 0 Å². The van der Waals surface area contributed by atoms with Gasteiger partial charge in [-0.1, -0.05) is 174 Å². The highest BCUT2D eigenvalue weighted by atomic mass is 32.1. The second kappa shape index (κ2) is 27.4. The van der Waals surface area contributed by atoms with Gasteiger partial charge in [0.15, 0.2) is 0 Å². The lowest BCUT2D eigenvalue weighted by Gasteiger charge is -2.04. The fourth-order valence-corrected chi connectivity index (χ4v) is 4.45. The van der Waals surface area contributed by atoms with Crippen molar-refractivity contribution < 1.29 is 0 Å². The fraction of sp³-hybridized carbons (Fsp3) is 1.00. The SMILES string of the molecule is CCCCCCCCCCCCCCCCCCCCCCCCCCC[S]. The first kappa shape index (κ1) is 28.4. The number of rotatable bonds is 25. The summed E-state index contributed by atoms with van der Waals surface area (Å²) in [6.45, 7) is 2.30. The Balaban J connectivity index is 2.96. The van der Waals surface area contributed by atoms with Crippen LogP contribution in [0.5, 0.6) is 0 Å². The van der Waals surface area contributed by atoms with E-state index in [1.165, 1.54) is 161 Å². The molecule has 0 saturated carbocycles. The van der Waals surface area contributed by atoms with Crippen molar-refractivity contribution in [2.24, 2.45) is 0 Å². The lowest BCUT2D eigenvalue weighted by Crippen LogP contribution is -1.84. The first-order valence-corrected chi connectivity index (χ1v) is 14.1. The minimum Gasteiger partial charge on any atom is -0.0942 e. The molecule has 0 bridgehead atoms. The molecular weight excluding hydrogens is 356 g/mol. The zero-order valence-corrected chi connectivity index (χ0v) is 20.6. The molecule has 0 saturated heterocycles. The standard InChI is InChI=1S/C27H55S/c1-2-3-4-5-6-7-8-9-10-11-12-13-14-15-16-17-18-19-20-21-22-23-24-25-26-27-28/h2-27H2,1H3. The van der Waals surface area contributed by atoms with E-state index >= 15 is 0 Å². The molecule has 0 aliphatic heterocycles. The third kappa shape index (κ3) is 26.4. The Hall–Kier alpha value is 0.350. The van der Waals surface area contributed by atoms with E-state index in [2.05, 4.69) is 6.92 Å². The van der Waals surface area contributed by atoms with Gasteiger partial charge in [-0.25, -0.2) is 0 Å². The van der Waals surface area contributed by atoms with E-state index in [9.17, 15) is 0 Å². The molecule has 0 atom stereocenters. The van der Waals surface area contributed by atoms with Gasteiger partial charge < -0.3 is 0 Å². The summed E-state index contributed by atoms with van der Waals surface area (Å²) in [6, 6.07) is 0. The van der Waals surface area contributed by atoms with Crippen molar-refractivity contribution in [1.82, 2.24) is 0 Å². The van der Waals surface area contributed by atoms with Gasteiger partial charge in [0.25, 0.3) is 0 Å². The zero-order valence-electron chi connectivity index (χ0n) is 19.8. The number of hydrogen-bond acceptors (Lipinski definition) is 0. The highest BCUT2D eigenvalue weighted by Crippen LogP contribution is 2.15. The minimum absolute atomic E-state index is 0.958. The largest absolute Gasteiger partial charge is 0.0942 e. The molecule has 1 radical (unpaired) electrons.